The van der Waals surface area contributed by atoms with Gasteiger partial charge in [0.2, 0.25) is 0 Å². The zero-order chi connectivity index (χ0) is 26.4. The van der Waals surface area contributed by atoms with Crippen LogP contribution >= 0.6 is 11.6 Å². The molecule has 0 unspecified atom stereocenters. The van der Waals surface area contributed by atoms with Crippen molar-refractivity contribution in [2.45, 2.75) is 6.54 Å². The predicted octanol–water partition coefficient (Wildman–Crippen LogP) is 4.55. The van der Waals surface area contributed by atoms with Crippen LogP contribution in [0.3, 0.4) is 0 Å². The number of carbonyl (C=O) groups excluding carboxylic acids is 1. The lowest BCUT2D eigenvalue weighted by molar-refractivity contribution is 0.0517. The van der Waals surface area contributed by atoms with E-state index in [0.717, 1.165) is 6.07 Å². The normalized spacial score (nSPS) is 15.3. The Balaban J connectivity index is 1.36. The second-order valence-electron chi connectivity index (χ2n) is 9.05. The number of carboxylic acid groups (broad SMARTS) is 1. The summed E-state index contributed by atoms with van der Waals surface area (Å²) < 4.78 is 26.8. The lowest BCUT2D eigenvalue weighted by Crippen LogP contribution is -2.37. The molecule has 0 spiro atoms. The predicted molar refractivity (Wildman–Crippen MR) is 138 cm³/mol. The number of hydrogen-bond acceptors (Lipinski definition) is 6. The Labute approximate surface area is 221 Å². The molecule has 11 heteroatoms. The van der Waals surface area contributed by atoms with E-state index in [-0.39, 0.29) is 35.3 Å². The molecule has 0 saturated carbocycles. The van der Waals surface area contributed by atoms with Gasteiger partial charge in [0.1, 0.15) is 17.2 Å². The molecule has 4 aromatic rings. The van der Waals surface area contributed by atoms with Crippen molar-refractivity contribution < 1.29 is 28.6 Å². The van der Waals surface area contributed by atoms with Crippen LogP contribution in [0.5, 0.6) is 5.75 Å². The molecule has 2 aliphatic heterocycles. The van der Waals surface area contributed by atoms with Crippen molar-refractivity contribution in [2.24, 2.45) is 0 Å². The van der Waals surface area contributed by atoms with Crippen LogP contribution < -0.4 is 9.64 Å². The number of fused-ring (bicyclic) bond motifs is 2. The molecule has 4 heterocycles. The van der Waals surface area contributed by atoms with Gasteiger partial charge in [0.05, 0.1) is 41.6 Å². The number of anilines is 1. The van der Waals surface area contributed by atoms with Crippen LogP contribution in [0.4, 0.5) is 10.1 Å². The third-order valence-corrected chi connectivity index (χ3v) is 7.11. The van der Waals surface area contributed by atoms with E-state index in [1.165, 1.54) is 11.1 Å². The summed E-state index contributed by atoms with van der Waals surface area (Å²) in [6.45, 7) is 2.05. The number of hydrogen-bond donors (Lipinski definition) is 2. The SMILES string of the molecule is O=C(O)c1cc(F)c(-c2cccc3c2OCN(C(=O)c2c(Cl)cnc4[nH]ccc24)C3)cc1N1CCOCC1. The number of carboxylic acids is 1. The average molecular weight is 537 g/mol. The van der Waals surface area contributed by atoms with Gasteiger partial charge in [-0.05, 0) is 18.2 Å². The number of nitrogens with zero attached hydrogens (tertiary/aromatic N) is 3. The fourth-order valence-corrected chi connectivity index (χ4v) is 5.21. The van der Waals surface area contributed by atoms with Gasteiger partial charge in [-0.15, -0.1) is 0 Å². The molecule has 194 valence electrons. The first-order valence-electron chi connectivity index (χ1n) is 12.0. The summed E-state index contributed by atoms with van der Waals surface area (Å²) in [6.07, 6.45) is 3.12. The van der Waals surface area contributed by atoms with Gasteiger partial charge in [0, 0.05) is 47.6 Å². The van der Waals surface area contributed by atoms with Gasteiger partial charge in [-0.1, -0.05) is 29.8 Å². The molecule has 0 atom stereocenters. The van der Waals surface area contributed by atoms with Crippen molar-refractivity contribution in [2.75, 3.05) is 37.9 Å². The van der Waals surface area contributed by atoms with Gasteiger partial charge in [0.15, 0.2) is 6.73 Å². The maximum Gasteiger partial charge on any atom is 0.337 e. The number of amides is 1. The van der Waals surface area contributed by atoms with Gasteiger partial charge in [-0.2, -0.15) is 0 Å². The third-order valence-electron chi connectivity index (χ3n) is 6.82. The Hall–Kier alpha value is -4.15. The molecule has 1 fully saturated rings. The van der Waals surface area contributed by atoms with Gasteiger partial charge in [-0.3, -0.25) is 4.79 Å². The standard InChI is InChI=1S/C27H22ClFN4O5/c28-20-12-31-25-17(4-5-30-25)23(20)26(34)33-13-15-2-1-3-16(24(15)38-14-33)18-11-22(32-6-8-37-9-7-32)19(27(35)36)10-21(18)29/h1-5,10-12H,6-9,13-14H2,(H,30,31)(H,35,36). The van der Waals surface area contributed by atoms with E-state index in [1.807, 2.05) is 11.0 Å². The second-order valence-corrected chi connectivity index (χ2v) is 9.45. The number of aromatic carboxylic acids is 1. The van der Waals surface area contributed by atoms with Crippen molar-refractivity contribution in [1.82, 2.24) is 14.9 Å². The van der Waals surface area contributed by atoms with Crippen molar-refractivity contribution in [3.05, 3.63) is 76.3 Å². The number of halogens is 2. The first kappa shape index (κ1) is 24.2. The monoisotopic (exact) mass is 536 g/mol. The van der Waals surface area contributed by atoms with Gasteiger partial charge >= 0.3 is 5.97 Å². The fraction of sp³-hybridized carbons (Fsp3) is 0.222. The lowest BCUT2D eigenvalue weighted by atomic mass is 9.97. The highest BCUT2D eigenvalue weighted by Crippen LogP contribution is 2.40. The number of aromatic nitrogens is 2. The minimum Gasteiger partial charge on any atom is -0.478 e. The molecule has 1 amide bonds. The summed E-state index contributed by atoms with van der Waals surface area (Å²) >= 11 is 6.35. The number of carbonyl (C=O) groups is 2. The summed E-state index contributed by atoms with van der Waals surface area (Å²) in [4.78, 5) is 35.9. The highest BCUT2D eigenvalue weighted by molar-refractivity contribution is 6.35. The Bertz CT molecular complexity index is 1580. The number of nitrogens with one attached hydrogen (secondary N) is 1. The highest BCUT2D eigenvalue weighted by Gasteiger charge is 2.29. The van der Waals surface area contributed by atoms with Crippen LogP contribution in [-0.2, 0) is 11.3 Å². The maximum atomic E-state index is 15.4. The molecule has 2 aromatic carbocycles. The summed E-state index contributed by atoms with van der Waals surface area (Å²) in [6, 6.07) is 9.64. The number of rotatable bonds is 4. The fourth-order valence-electron chi connectivity index (χ4n) is 4.98. The zero-order valence-corrected chi connectivity index (χ0v) is 20.8. The van der Waals surface area contributed by atoms with Gasteiger partial charge < -0.3 is 29.4 Å². The van der Waals surface area contributed by atoms with Crippen molar-refractivity contribution in [3.8, 4) is 16.9 Å². The summed E-state index contributed by atoms with van der Waals surface area (Å²) in [5.41, 5.74) is 2.58. The Morgan fingerprint density at radius 3 is 2.74 bits per heavy atom. The molecule has 2 aromatic heterocycles. The summed E-state index contributed by atoms with van der Waals surface area (Å²) in [5, 5.41) is 10.6. The molecule has 0 radical (unpaired) electrons. The van der Waals surface area contributed by atoms with E-state index in [4.69, 9.17) is 21.1 Å². The largest absolute Gasteiger partial charge is 0.478 e. The Morgan fingerprint density at radius 2 is 1.95 bits per heavy atom. The topological polar surface area (TPSA) is 108 Å². The lowest BCUT2D eigenvalue weighted by Gasteiger charge is -2.32. The molecule has 38 heavy (non-hydrogen) atoms. The number of para-hydroxylation sites is 1. The zero-order valence-electron chi connectivity index (χ0n) is 20.0. The summed E-state index contributed by atoms with van der Waals surface area (Å²) in [7, 11) is 0. The van der Waals surface area contributed by atoms with Crippen LogP contribution in [0.15, 0.2) is 48.8 Å². The van der Waals surface area contributed by atoms with Crippen LogP contribution in [0.2, 0.25) is 5.02 Å². The molecule has 2 aliphatic rings. The van der Waals surface area contributed by atoms with E-state index in [1.54, 1.807) is 30.5 Å². The average Bonchev–Trinajstić information content (AvgIpc) is 3.41. The molecule has 1 saturated heterocycles. The number of H-pyrrole nitrogens is 1. The molecular formula is C27H22ClFN4O5. The second kappa shape index (κ2) is 9.62. The smallest absolute Gasteiger partial charge is 0.337 e. The first-order valence-corrected chi connectivity index (χ1v) is 12.4. The number of aromatic amines is 1. The van der Waals surface area contributed by atoms with Crippen LogP contribution in [0.25, 0.3) is 22.2 Å². The third kappa shape index (κ3) is 4.11. The minimum absolute atomic E-state index is 0.0709. The van der Waals surface area contributed by atoms with Crippen LogP contribution in [0, 0.1) is 5.82 Å². The van der Waals surface area contributed by atoms with Crippen LogP contribution in [-0.4, -0.2) is 64.9 Å². The summed E-state index contributed by atoms with van der Waals surface area (Å²) in [5.74, 6) is -1.75. The number of morpholine rings is 1. The van der Waals surface area contributed by atoms with Gasteiger partial charge in [0.25, 0.3) is 5.91 Å². The number of benzene rings is 2. The van der Waals surface area contributed by atoms with E-state index in [2.05, 4.69) is 9.97 Å². The number of ether oxygens (including phenoxy) is 2. The maximum absolute atomic E-state index is 15.4. The van der Waals surface area contributed by atoms with Crippen molar-refractivity contribution in [1.29, 1.82) is 0 Å². The van der Waals surface area contributed by atoms with E-state index in [9.17, 15) is 14.7 Å². The van der Waals surface area contributed by atoms with Crippen molar-refractivity contribution >= 4 is 40.2 Å². The van der Waals surface area contributed by atoms with Crippen LogP contribution in [0.1, 0.15) is 26.3 Å². The molecule has 0 bridgehead atoms. The van der Waals surface area contributed by atoms with E-state index < -0.39 is 11.8 Å². The molecule has 9 nitrogen and oxygen atoms in total. The highest BCUT2D eigenvalue weighted by atomic mass is 35.5. The van der Waals surface area contributed by atoms with E-state index in [0.29, 0.717) is 65.5 Å². The Kier molecular flexibility index (Phi) is 6.13. The molecular weight excluding hydrogens is 515 g/mol. The van der Waals surface area contributed by atoms with Gasteiger partial charge in [-0.25, -0.2) is 14.2 Å². The molecule has 6 rings (SSSR count). The molecule has 2 N–H and O–H groups in total. The first-order chi connectivity index (χ1) is 18.4. The molecule has 0 aliphatic carbocycles. The Morgan fingerprint density at radius 1 is 1.13 bits per heavy atom. The number of pyridine rings is 1. The van der Waals surface area contributed by atoms with Crippen molar-refractivity contribution in [3.63, 3.8) is 0 Å². The quantitative estimate of drug-likeness (QED) is 0.394. The minimum atomic E-state index is -1.20. The van der Waals surface area contributed by atoms with E-state index >= 15 is 4.39 Å².